The Bertz CT molecular complexity index is 25.2. The molecule has 0 amide bonds. The molecule has 0 aliphatic carbocycles. The van der Waals surface area contributed by atoms with Gasteiger partial charge in [-0.15, -0.1) is 0 Å². The molecular formula is H2Br4Pt. The Balaban J connectivity index is -0.0000000800. The molecule has 0 fully saturated rings. The summed E-state index contributed by atoms with van der Waals surface area (Å²) in [6, 6.07) is 0. The molecule has 0 radical (unpaired) electrons. The zero-order chi connectivity index (χ0) is 4.50. The van der Waals surface area contributed by atoms with Gasteiger partial charge in [-0.2, -0.15) is 0 Å². The van der Waals surface area contributed by atoms with Crippen molar-refractivity contribution >= 4 is 53.2 Å². The van der Waals surface area contributed by atoms with Gasteiger partial charge in [0.25, 0.3) is 0 Å². The van der Waals surface area contributed by atoms with Crippen LogP contribution in [0.15, 0.2) is 0 Å². The Hall–Kier alpha value is 2.61. The molecular weight excluding hydrogens is 515 g/mol. The minimum atomic E-state index is -1.69. The van der Waals surface area contributed by atoms with Crippen molar-refractivity contribution in [2.24, 2.45) is 0 Å². The predicted molar refractivity (Wildman–Crippen MR) is 37.9 cm³/mol. The topological polar surface area (TPSA) is 0 Å². The van der Waals surface area contributed by atoms with Crippen LogP contribution < -0.4 is 0 Å². The summed E-state index contributed by atoms with van der Waals surface area (Å²) < 4.78 is 0. The maximum Gasteiger partial charge on any atom is 1.00 e. The first-order valence-corrected chi connectivity index (χ1v) is 20.3. The average Bonchev–Trinajstić information content (AvgIpc) is 0.722. The summed E-state index contributed by atoms with van der Waals surface area (Å²) in [6.45, 7) is 0. The van der Waals surface area contributed by atoms with E-state index in [9.17, 15) is 0 Å². The van der Waals surface area contributed by atoms with Gasteiger partial charge in [-0.05, 0) is 0 Å². The minimum absolute atomic E-state index is 0. The summed E-state index contributed by atoms with van der Waals surface area (Å²) in [5.41, 5.74) is 0. The van der Waals surface area contributed by atoms with E-state index in [1.165, 1.54) is 0 Å². The molecule has 0 aliphatic heterocycles. The van der Waals surface area contributed by atoms with Crippen LogP contribution in [0.1, 0.15) is 2.85 Å². The van der Waals surface area contributed by atoms with Gasteiger partial charge in [0.2, 0.25) is 0 Å². The molecule has 0 aliphatic rings. The van der Waals surface area contributed by atoms with Gasteiger partial charge in [0.05, 0.1) is 0 Å². The van der Waals surface area contributed by atoms with Crippen molar-refractivity contribution in [1.82, 2.24) is 0 Å². The van der Waals surface area contributed by atoms with Gasteiger partial charge in [-0.3, -0.25) is 0 Å². The molecule has 0 saturated carbocycles. The first-order valence-electron chi connectivity index (χ1n) is 0.478. The number of rotatable bonds is 0. The van der Waals surface area contributed by atoms with Crippen LogP contribution in [-0.2, 0) is 7.84 Å². The minimum Gasteiger partial charge on any atom is 1.00 e. The fourth-order valence-electron chi connectivity index (χ4n) is 0. The predicted octanol–water partition coefficient (Wildman–Crippen LogP) is 3.60. The van der Waals surface area contributed by atoms with Gasteiger partial charge in [0.15, 0.2) is 0 Å². The van der Waals surface area contributed by atoms with Gasteiger partial charge in [-0.1, -0.05) is 0 Å². The monoisotopic (exact) mass is 513 g/mol. The molecule has 0 aromatic heterocycles. The van der Waals surface area contributed by atoms with E-state index in [2.05, 4.69) is 53.2 Å². The van der Waals surface area contributed by atoms with Gasteiger partial charge in [-0.25, -0.2) is 0 Å². The molecule has 5 heavy (non-hydrogen) atoms. The first kappa shape index (κ1) is 7.61. The van der Waals surface area contributed by atoms with E-state index in [1.807, 2.05) is 0 Å². The summed E-state index contributed by atoms with van der Waals surface area (Å²) in [5, 5.41) is 0. The molecule has 0 bridgehead atoms. The Morgan fingerprint density at radius 3 is 1.00 bits per heavy atom. The van der Waals surface area contributed by atoms with Gasteiger partial charge in [0.1, 0.15) is 0 Å². The van der Waals surface area contributed by atoms with Crippen LogP contribution in [0.25, 0.3) is 0 Å². The maximum absolute atomic E-state index is 3.31. The second-order valence-corrected chi connectivity index (χ2v) is 59.9. The summed E-state index contributed by atoms with van der Waals surface area (Å²) in [5.74, 6) is 0. The van der Waals surface area contributed by atoms with Crippen LogP contribution in [0.2, 0.25) is 0 Å². The fraction of sp³-hybridized carbons (Fsp3) is 0. The summed E-state index contributed by atoms with van der Waals surface area (Å²) >= 11 is 13.2. The van der Waals surface area contributed by atoms with E-state index in [1.54, 1.807) is 0 Å². The fourth-order valence-corrected chi connectivity index (χ4v) is 0. The van der Waals surface area contributed by atoms with Crippen molar-refractivity contribution < 1.29 is 10.7 Å². The second kappa shape index (κ2) is 2.80. The Morgan fingerprint density at radius 2 is 1.00 bits per heavy atom. The molecule has 0 heterocycles. The average molecular weight is 517 g/mol. The largest absolute Gasteiger partial charge is 1.00 e. The SMILES string of the molecule is [Br][Pt-2]([Br])([Br])[Br].[H+].[H+]. The number of halogens is 4. The van der Waals surface area contributed by atoms with Gasteiger partial charge < -0.3 is 0 Å². The number of hydrogen-bond donors (Lipinski definition) is 0. The molecule has 0 nitrogen and oxygen atoms in total. The van der Waals surface area contributed by atoms with Crippen molar-refractivity contribution in [3.05, 3.63) is 0 Å². The smallest absolute Gasteiger partial charge is 1.00 e. The van der Waals surface area contributed by atoms with Crippen LogP contribution in [0.4, 0.5) is 0 Å². The molecule has 0 aromatic carbocycles. The second-order valence-electron chi connectivity index (χ2n) is 0.271. The zero-order valence-electron chi connectivity index (χ0n) is 3.83. The van der Waals surface area contributed by atoms with Crippen LogP contribution >= 0.6 is 53.2 Å². The van der Waals surface area contributed by atoms with E-state index in [0.717, 1.165) is 0 Å². The van der Waals surface area contributed by atoms with Crippen molar-refractivity contribution in [2.75, 3.05) is 0 Å². The molecule has 0 N–H and O–H groups in total. The van der Waals surface area contributed by atoms with Crippen LogP contribution in [0, 0.1) is 0 Å². The third-order valence-corrected chi connectivity index (χ3v) is 0. The van der Waals surface area contributed by atoms with Crippen LogP contribution in [0.3, 0.4) is 0 Å². The maximum atomic E-state index is 3.31. The van der Waals surface area contributed by atoms with E-state index in [-0.39, 0.29) is 2.85 Å². The Labute approximate surface area is 62.8 Å². The molecule has 40 valence electrons. The van der Waals surface area contributed by atoms with Crippen molar-refractivity contribution in [3.8, 4) is 0 Å². The quantitative estimate of drug-likeness (QED) is 0.462. The van der Waals surface area contributed by atoms with Crippen molar-refractivity contribution in [2.45, 2.75) is 0 Å². The summed E-state index contributed by atoms with van der Waals surface area (Å²) in [4.78, 5) is 0. The van der Waals surface area contributed by atoms with E-state index in [4.69, 9.17) is 0 Å². The molecule has 0 aromatic rings. The van der Waals surface area contributed by atoms with E-state index >= 15 is 0 Å². The third-order valence-electron chi connectivity index (χ3n) is 0. The molecule has 0 unspecified atom stereocenters. The first-order chi connectivity index (χ1) is 2.00. The Kier molecular flexibility index (Phi) is 4.27. The van der Waals surface area contributed by atoms with Gasteiger partial charge in [0, 0.05) is 0 Å². The van der Waals surface area contributed by atoms with Gasteiger partial charge >= 0.3 is 63.9 Å². The van der Waals surface area contributed by atoms with Crippen LogP contribution in [-0.4, -0.2) is 0 Å². The van der Waals surface area contributed by atoms with Crippen molar-refractivity contribution in [1.29, 1.82) is 0 Å². The summed E-state index contributed by atoms with van der Waals surface area (Å²) in [7, 11) is -1.69. The van der Waals surface area contributed by atoms with E-state index in [0.29, 0.717) is 0 Å². The molecule has 5 heteroatoms. The summed E-state index contributed by atoms with van der Waals surface area (Å²) in [6.07, 6.45) is 0. The standard InChI is InChI=1S/4BrH.Pt/h4*1H;/q;;;;+2/p-2. The third kappa shape index (κ3) is 20.6. The molecule has 0 saturated heterocycles. The Morgan fingerprint density at radius 1 is 1.00 bits per heavy atom. The zero-order valence-corrected chi connectivity index (χ0v) is 10.4. The molecule has 0 spiro atoms. The van der Waals surface area contributed by atoms with Crippen LogP contribution in [0.5, 0.6) is 0 Å². The van der Waals surface area contributed by atoms with E-state index < -0.39 is 7.84 Å². The van der Waals surface area contributed by atoms with Crippen molar-refractivity contribution in [3.63, 3.8) is 0 Å². The number of hydrogen-bond acceptors (Lipinski definition) is 0. The normalized spacial score (nSPS) is 15.2. The molecule has 0 atom stereocenters. The molecule has 0 rings (SSSR count).